The molecule has 1 N–H and O–H groups in total. The van der Waals surface area contributed by atoms with Crippen LogP contribution in [-0.2, 0) is 0 Å². The number of fused-ring (bicyclic) bond motifs is 1. The van der Waals surface area contributed by atoms with Crippen LogP contribution in [0.15, 0.2) is 24.4 Å². The van der Waals surface area contributed by atoms with Crippen molar-refractivity contribution in [2.45, 2.75) is 38.5 Å². The van der Waals surface area contributed by atoms with Crippen molar-refractivity contribution in [2.75, 3.05) is 23.3 Å². The highest BCUT2D eigenvalue weighted by Crippen LogP contribution is 2.37. The lowest BCUT2D eigenvalue weighted by Gasteiger charge is -2.38. The van der Waals surface area contributed by atoms with Crippen molar-refractivity contribution < 1.29 is 0 Å². The number of hydrogen-bond acceptors (Lipinski definition) is 7. The molecule has 4 heterocycles. The maximum Gasteiger partial charge on any atom is 0.211 e. The van der Waals surface area contributed by atoms with Crippen LogP contribution in [0.2, 0.25) is 0 Å². The molecule has 0 bridgehead atoms. The van der Waals surface area contributed by atoms with Gasteiger partial charge in [0.05, 0.1) is 22.9 Å². The monoisotopic (exact) mass is 366 g/mol. The summed E-state index contributed by atoms with van der Waals surface area (Å²) < 4.78 is 0. The average molecular weight is 366 g/mol. The van der Waals surface area contributed by atoms with E-state index in [1.54, 1.807) is 11.3 Å². The second kappa shape index (κ2) is 6.46. The van der Waals surface area contributed by atoms with Gasteiger partial charge in [0, 0.05) is 19.0 Å². The summed E-state index contributed by atoms with van der Waals surface area (Å²) in [6, 6.07) is 6.09. The zero-order chi connectivity index (χ0) is 17.5. The predicted molar refractivity (Wildman–Crippen MR) is 105 cm³/mol. The molecule has 2 aliphatic rings. The molecule has 1 aliphatic carbocycles. The van der Waals surface area contributed by atoms with Gasteiger partial charge in [-0.15, -0.1) is 10.2 Å². The lowest BCUT2D eigenvalue weighted by molar-refractivity contribution is 0.447. The molecule has 26 heavy (non-hydrogen) atoms. The largest absolute Gasteiger partial charge is 0.370 e. The van der Waals surface area contributed by atoms with Gasteiger partial charge in [0.15, 0.2) is 0 Å². The van der Waals surface area contributed by atoms with Gasteiger partial charge in [0.2, 0.25) is 5.13 Å². The lowest BCUT2D eigenvalue weighted by atomic mass is 10.0. The van der Waals surface area contributed by atoms with Gasteiger partial charge in [-0.05, 0) is 37.0 Å². The van der Waals surface area contributed by atoms with Gasteiger partial charge < -0.3 is 10.2 Å². The van der Waals surface area contributed by atoms with Crippen molar-refractivity contribution in [2.24, 2.45) is 5.92 Å². The minimum atomic E-state index is 0.596. The molecule has 6 nitrogen and oxygen atoms in total. The van der Waals surface area contributed by atoms with Crippen molar-refractivity contribution in [3.05, 3.63) is 29.4 Å². The molecular formula is C19H22N6S. The summed E-state index contributed by atoms with van der Waals surface area (Å²) in [5.41, 5.74) is 2.98. The molecule has 0 radical (unpaired) electrons. The van der Waals surface area contributed by atoms with Crippen LogP contribution < -0.4 is 10.2 Å². The Balaban J connectivity index is 1.36. The maximum atomic E-state index is 4.74. The summed E-state index contributed by atoms with van der Waals surface area (Å²) >= 11 is 1.65. The second-order valence-corrected chi connectivity index (χ2v) is 8.50. The maximum absolute atomic E-state index is 4.74. The van der Waals surface area contributed by atoms with Gasteiger partial charge in [0.1, 0.15) is 10.8 Å². The smallest absolute Gasteiger partial charge is 0.211 e. The molecule has 134 valence electrons. The van der Waals surface area contributed by atoms with Gasteiger partial charge in [-0.25, -0.2) is 4.98 Å². The van der Waals surface area contributed by atoms with E-state index in [4.69, 9.17) is 4.98 Å². The highest BCUT2D eigenvalue weighted by Gasteiger charge is 2.23. The first-order chi connectivity index (χ1) is 12.7. The highest BCUT2D eigenvalue weighted by molar-refractivity contribution is 7.15. The van der Waals surface area contributed by atoms with Crippen LogP contribution in [0.25, 0.3) is 11.0 Å². The fraction of sp³-hybridized carbons (Fsp3) is 0.474. The normalized spacial score (nSPS) is 18.4. The summed E-state index contributed by atoms with van der Waals surface area (Å²) in [5.74, 6) is 2.15. The Morgan fingerprint density at radius 3 is 2.77 bits per heavy atom. The fourth-order valence-electron chi connectivity index (χ4n) is 3.88. The summed E-state index contributed by atoms with van der Waals surface area (Å²) in [4.78, 5) is 11.6. The van der Waals surface area contributed by atoms with Gasteiger partial charge in [-0.2, -0.15) is 0 Å². The van der Waals surface area contributed by atoms with Crippen LogP contribution >= 0.6 is 11.3 Å². The Hall–Kier alpha value is -2.28. The standard InChI is InChI=1S/C19H22N6S/c1-12-10-25(11-12)14-8-16-15(20-9-14)6-7-17(21-16)22-19-24-23-18(26-19)13-4-2-3-5-13/h6-9,12-13H,2-5,10-11H2,1H3,(H,21,22,24). The number of hydrogen-bond donors (Lipinski definition) is 1. The van der Waals surface area contributed by atoms with E-state index in [0.29, 0.717) is 5.92 Å². The highest BCUT2D eigenvalue weighted by atomic mass is 32.1. The first-order valence-corrected chi connectivity index (χ1v) is 10.2. The minimum absolute atomic E-state index is 0.596. The number of nitrogens with zero attached hydrogens (tertiary/aromatic N) is 5. The quantitative estimate of drug-likeness (QED) is 0.741. The summed E-state index contributed by atoms with van der Waals surface area (Å²) in [6.07, 6.45) is 7.05. The molecule has 5 rings (SSSR count). The van der Waals surface area contributed by atoms with Crippen molar-refractivity contribution in [1.82, 2.24) is 20.2 Å². The Morgan fingerprint density at radius 2 is 1.96 bits per heavy atom. The van der Waals surface area contributed by atoms with Gasteiger partial charge in [-0.3, -0.25) is 4.98 Å². The third-order valence-electron chi connectivity index (χ3n) is 5.33. The molecule has 0 amide bonds. The van der Waals surface area contributed by atoms with Gasteiger partial charge >= 0.3 is 0 Å². The van der Waals surface area contributed by atoms with Crippen molar-refractivity contribution in [1.29, 1.82) is 0 Å². The van der Waals surface area contributed by atoms with Crippen LogP contribution in [0.1, 0.15) is 43.5 Å². The first-order valence-electron chi connectivity index (χ1n) is 9.37. The van der Waals surface area contributed by atoms with E-state index >= 15 is 0 Å². The number of anilines is 3. The number of aromatic nitrogens is 4. The Morgan fingerprint density at radius 1 is 1.12 bits per heavy atom. The average Bonchev–Trinajstić information content (AvgIpc) is 3.30. The molecular weight excluding hydrogens is 344 g/mol. The van der Waals surface area contributed by atoms with Crippen LogP contribution in [0.4, 0.5) is 16.6 Å². The third-order valence-corrected chi connectivity index (χ3v) is 6.33. The van der Waals surface area contributed by atoms with Crippen molar-refractivity contribution >= 4 is 39.0 Å². The minimum Gasteiger partial charge on any atom is -0.370 e. The van der Waals surface area contributed by atoms with E-state index in [0.717, 1.165) is 51.7 Å². The van der Waals surface area contributed by atoms with Crippen LogP contribution in [0.5, 0.6) is 0 Å². The topological polar surface area (TPSA) is 66.8 Å². The van der Waals surface area contributed by atoms with E-state index in [9.17, 15) is 0 Å². The molecule has 2 fully saturated rings. The molecule has 3 aromatic heterocycles. The molecule has 3 aromatic rings. The molecule has 1 aliphatic heterocycles. The molecule has 0 atom stereocenters. The number of pyridine rings is 2. The Bertz CT molecular complexity index is 927. The van der Waals surface area contributed by atoms with Crippen LogP contribution in [-0.4, -0.2) is 33.3 Å². The van der Waals surface area contributed by atoms with Crippen molar-refractivity contribution in [3.8, 4) is 0 Å². The summed E-state index contributed by atoms with van der Waals surface area (Å²) in [7, 11) is 0. The van der Waals surface area contributed by atoms with Gasteiger partial charge in [-0.1, -0.05) is 31.1 Å². The first kappa shape index (κ1) is 15.9. The molecule has 1 saturated carbocycles. The zero-order valence-corrected chi connectivity index (χ0v) is 15.7. The summed E-state index contributed by atoms with van der Waals surface area (Å²) in [5, 5.41) is 14.0. The van der Waals surface area contributed by atoms with E-state index in [-0.39, 0.29) is 0 Å². The second-order valence-electron chi connectivity index (χ2n) is 7.49. The molecule has 1 saturated heterocycles. The van der Waals surface area contributed by atoms with E-state index < -0.39 is 0 Å². The molecule has 0 aromatic carbocycles. The Kier molecular flexibility index (Phi) is 3.96. The van der Waals surface area contributed by atoms with Crippen LogP contribution in [0, 0.1) is 5.92 Å². The predicted octanol–water partition coefficient (Wildman–Crippen LogP) is 4.34. The van der Waals surface area contributed by atoms with E-state index in [1.165, 1.54) is 25.7 Å². The lowest BCUT2D eigenvalue weighted by Crippen LogP contribution is -2.45. The summed E-state index contributed by atoms with van der Waals surface area (Å²) in [6.45, 7) is 4.47. The fourth-order valence-corrected chi connectivity index (χ4v) is 4.80. The number of nitrogens with one attached hydrogen (secondary N) is 1. The molecule has 7 heteroatoms. The van der Waals surface area contributed by atoms with Crippen LogP contribution in [0.3, 0.4) is 0 Å². The molecule has 0 unspecified atom stereocenters. The zero-order valence-electron chi connectivity index (χ0n) is 14.9. The van der Waals surface area contributed by atoms with Crippen molar-refractivity contribution in [3.63, 3.8) is 0 Å². The van der Waals surface area contributed by atoms with E-state index in [2.05, 4.69) is 38.4 Å². The number of rotatable bonds is 4. The molecule has 0 spiro atoms. The SMILES string of the molecule is CC1CN(c2cnc3ccc(Nc4nnc(C5CCCC5)s4)nc3c2)C1. The Labute approximate surface area is 156 Å². The van der Waals surface area contributed by atoms with Gasteiger partial charge in [0.25, 0.3) is 0 Å². The van der Waals surface area contributed by atoms with E-state index in [1.807, 2.05) is 18.3 Å². The third kappa shape index (κ3) is 3.00.